The maximum Gasteiger partial charge on any atom is 0.292 e. The lowest BCUT2D eigenvalue weighted by Crippen LogP contribution is -2.22. The minimum atomic E-state index is -3.86. The molecule has 1 aromatic heterocycles. The molecule has 0 N–H and O–H groups in total. The van der Waals surface area contributed by atoms with Crippen LogP contribution >= 0.6 is 23.1 Å². The number of fused-ring (bicyclic) bond motifs is 1. The van der Waals surface area contributed by atoms with E-state index in [0.29, 0.717) is 21.8 Å². The molecule has 0 saturated carbocycles. The van der Waals surface area contributed by atoms with Crippen LogP contribution in [-0.2, 0) is 14.8 Å². The highest BCUT2D eigenvalue weighted by Crippen LogP contribution is 2.30. The van der Waals surface area contributed by atoms with Crippen molar-refractivity contribution in [2.75, 3.05) is 19.8 Å². The van der Waals surface area contributed by atoms with Gasteiger partial charge in [-0.1, -0.05) is 30.3 Å². The predicted molar refractivity (Wildman–Crippen MR) is 113 cm³/mol. The van der Waals surface area contributed by atoms with Crippen LogP contribution in [0.4, 0.5) is 0 Å². The summed E-state index contributed by atoms with van der Waals surface area (Å²) in [5.74, 6) is 0.193. The van der Waals surface area contributed by atoms with Gasteiger partial charge in [-0.15, -0.1) is 23.1 Å². The molecule has 0 fully saturated rings. The van der Waals surface area contributed by atoms with Crippen LogP contribution in [0.5, 0.6) is 0 Å². The van der Waals surface area contributed by atoms with Crippen LogP contribution in [0.1, 0.15) is 22.3 Å². The molecule has 0 spiro atoms. The van der Waals surface area contributed by atoms with Gasteiger partial charge >= 0.3 is 0 Å². The fourth-order valence-electron chi connectivity index (χ4n) is 2.54. The summed E-state index contributed by atoms with van der Waals surface area (Å²) in [5.41, 5.74) is 1.12. The average Bonchev–Trinajstić information content (AvgIpc) is 3.20. The number of thiophene rings is 1. The van der Waals surface area contributed by atoms with Gasteiger partial charge in [-0.2, -0.15) is 12.8 Å². The number of carbonyl (C=O) groups excluding carboxylic acids is 2. The second kappa shape index (κ2) is 8.42. The molecule has 1 aromatic carbocycles. The van der Waals surface area contributed by atoms with E-state index in [9.17, 15) is 18.0 Å². The zero-order valence-electron chi connectivity index (χ0n) is 15.3. The molecule has 146 valence electrons. The predicted octanol–water partition coefficient (Wildman–Crippen LogP) is 3.22. The SMILES string of the molecule is CN(C)C(=O)CCSC1=C/C(=N/S(=O)(=O)c2cccs2)c2ccccc2C1=O. The zero-order chi connectivity index (χ0) is 20.3. The molecule has 0 saturated heterocycles. The molecule has 1 aliphatic carbocycles. The van der Waals surface area contributed by atoms with E-state index in [0.717, 1.165) is 11.3 Å². The minimum absolute atomic E-state index is 0.0362. The third kappa shape index (κ3) is 4.43. The molecule has 0 unspecified atom stereocenters. The van der Waals surface area contributed by atoms with E-state index in [1.807, 2.05) is 0 Å². The highest BCUT2D eigenvalue weighted by molar-refractivity contribution is 8.04. The molecule has 3 rings (SSSR count). The molecule has 0 aliphatic heterocycles. The molecule has 0 atom stereocenters. The van der Waals surface area contributed by atoms with Gasteiger partial charge in [-0.3, -0.25) is 9.59 Å². The van der Waals surface area contributed by atoms with Crippen molar-refractivity contribution in [1.82, 2.24) is 4.90 Å². The first kappa shape index (κ1) is 20.5. The summed E-state index contributed by atoms with van der Waals surface area (Å²) >= 11 is 2.32. The van der Waals surface area contributed by atoms with E-state index in [-0.39, 0.29) is 28.0 Å². The number of nitrogens with zero attached hydrogens (tertiary/aromatic N) is 2. The van der Waals surface area contributed by atoms with Crippen LogP contribution in [0.2, 0.25) is 0 Å². The Hall–Kier alpha value is -2.23. The Labute approximate surface area is 172 Å². The van der Waals surface area contributed by atoms with E-state index >= 15 is 0 Å². The first-order valence-electron chi connectivity index (χ1n) is 8.37. The van der Waals surface area contributed by atoms with Gasteiger partial charge in [0.1, 0.15) is 4.21 Å². The molecule has 1 heterocycles. The maximum absolute atomic E-state index is 12.8. The van der Waals surface area contributed by atoms with Crippen molar-refractivity contribution >= 4 is 50.5 Å². The fraction of sp³-hybridized carbons (Fsp3) is 0.211. The molecule has 0 radical (unpaired) electrons. The number of Topliss-reactive ketones (excluding diaryl/α,β-unsaturated/α-hetero) is 1. The van der Waals surface area contributed by atoms with E-state index in [4.69, 9.17) is 0 Å². The summed E-state index contributed by atoms with van der Waals surface area (Å²) in [6, 6.07) is 9.95. The summed E-state index contributed by atoms with van der Waals surface area (Å²) in [4.78, 5) is 26.4. The first-order valence-corrected chi connectivity index (χ1v) is 11.7. The molecule has 1 amide bonds. The molecule has 6 nitrogen and oxygen atoms in total. The van der Waals surface area contributed by atoms with Crippen molar-refractivity contribution in [3.8, 4) is 0 Å². The van der Waals surface area contributed by atoms with E-state index in [1.165, 1.54) is 28.8 Å². The number of ketones is 1. The van der Waals surface area contributed by atoms with Gasteiger partial charge in [0.25, 0.3) is 10.0 Å². The number of hydrogen-bond acceptors (Lipinski definition) is 6. The maximum atomic E-state index is 12.8. The third-order valence-corrected chi connectivity index (χ3v) is 7.67. The Morgan fingerprint density at radius 1 is 1.14 bits per heavy atom. The standard InChI is InChI=1S/C19H18N2O4S3/c1-21(2)17(22)9-11-26-16-12-15(13-6-3-4-7-14(13)19(16)23)20-28(24,25)18-8-5-10-27-18/h3-8,10,12H,9,11H2,1-2H3/b20-15-. The normalized spacial score (nSPS) is 15.3. The van der Waals surface area contributed by atoms with Crippen molar-refractivity contribution < 1.29 is 18.0 Å². The lowest BCUT2D eigenvalue weighted by atomic mass is 9.94. The smallest absolute Gasteiger partial charge is 0.292 e. The van der Waals surface area contributed by atoms with Gasteiger partial charge in [-0.25, -0.2) is 0 Å². The second-order valence-electron chi connectivity index (χ2n) is 6.15. The number of thioether (sulfide) groups is 1. The number of rotatable bonds is 6. The monoisotopic (exact) mass is 434 g/mol. The summed E-state index contributed by atoms with van der Waals surface area (Å²) < 4.78 is 29.3. The summed E-state index contributed by atoms with van der Waals surface area (Å²) in [6.45, 7) is 0. The Bertz CT molecular complexity index is 1070. The van der Waals surface area contributed by atoms with Gasteiger partial charge in [0.15, 0.2) is 5.78 Å². The average molecular weight is 435 g/mol. The largest absolute Gasteiger partial charge is 0.349 e. The van der Waals surface area contributed by atoms with Gasteiger partial charge in [-0.05, 0) is 17.5 Å². The molecule has 0 bridgehead atoms. The van der Waals surface area contributed by atoms with Crippen LogP contribution < -0.4 is 0 Å². The molecule has 2 aromatic rings. The summed E-state index contributed by atoms with van der Waals surface area (Å²) in [7, 11) is -0.515. The van der Waals surface area contributed by atoms with Gasteiger partial charge < -0.3 is 4.90 Å². The lowest BCUT2D eigenvalue weighted by Gasteiger charge is -2.17. The van der Waals surface area contributed by atoms with Crippen LogP contribution in [0, 0.1) is 0 Å². The fourth-order valence-corrected chi connectivity index (χ4v) is 5.44. The Morgan fingerprint density at radius 2 is 1.86 bits per heavy atom. The number of amides is 1. The molecular formula is C19H18N2O4S3. The number of carbonyl (C=O) groups is 2. The van der Waals surface area contributed by atoms with Gasteiger partial charge in [0.05, 0.1) is 10.6 Å². The van der Waals surface area contributed by atoms with Crippen LogP contribution in [0.15, 0.2) is 61.4 Å². The minimum Gasteiger partial charge on any atom is -0.349 e. The van der Waals surface area contributed by atoms with Crippen molar-refractivity contribution in [2.45, 2.75) is 10.6 Å². The number of hydrogen-bond donors (Lipinski definition) is 0. The zero-order valence-corrected chi connectivity index (χ0v) is 17.7. The van der Waals surface area contributed by atoms with E-state index in [1.54, 1.807) is 49.8 Å². The third-order valence-electron chi connectivity index (χ3n) is 3.98. The van der Waals surface area contributed by atoms with Crippen LogP contribution in [0.3, 0.4) is 0 Å². The van der Waals surface area contributed by atoms with Gasteiger partial charge in [0.2, 0.25) is 5.91 Å². The summed E-state index contributed by atoms with van der Waals surface area (Å²) in [6.07, 6.45) is 1.78. The quantitative estimate of drug-likeness (QED) is 0.697. The van der Waals surface area contributed by atoms with E-state index in [2.05, 4.69) is 4.40 Å². The van der Waals surface area contributed by atoms with Crippen LogP contribution in [-0.4, -0.2) is 50.6 Å². The Balaban J connectivity index is 1.95. The summed E-state index contributed by atoms with van der Waals surface area (Å²) in [5, 5.41) is 1.67. The molecule has 28 heavy (non-hydrogen) atoms. The highest BCUT2D eigenvalue weighted by atomic mass is 32.2. The Kier molecular flexibility index (Phi) is 6.17. The molecule has 1 aliphatic rings. The number of allylic oxidation sites excluding steroid dienone is 2. The molecular weight excluding hydrogens is 416 g/mol. The number of benzene rings is 1. The van der Waals surface area contributed by atoms with Crippen molar-refractivity contribution in [2.24, 2.45) is 4.40 Å². The van der Waals surface area contributed by atoms with Crippen molar-refractivity contribution in [3.63, 3.8) is 0 Å². The van der Waals surface area contributed by atoms with Crippen molar-refractivity contribution in [3.05, 3.63) is 63.9 Å². The molecule has 9 heteroatoms. The lowest BCUT2D eigenvalue weighted by molar-refractivity contribution is -0.128. The first-order chi connectivity index (χ1) is 13.3. The van der Waals surface area contributed by atoms with Crippen molar-refractivity contribution in [1.29, 1.82) is 0 Å². The second-order valence-corrected chi connectivity index (χ2v) is 10.1. The highest BCUT2D eigenvalue weighted by Gasteiger charge is 2.26. The van der Waals surface area contributed by atoms with E-state index < -0.39 is 10.0 Å². The topological polar surface area (TPSA) is 83.9 Å². The Morgan fingerprint density at radius 3 is 2.50 bits per heavy atom. The van der Waals surface area contributed by atoms with Crippen LogP contribution in [0.25, 0.3) is 0 Å². The number of sulfonamides is 1. The van der Waals surface area contributed by atoms with Gasteiger partial charge in [0, 0.05) is 37.4 Å².